The molecule has 150 valence electrons. The SMILES string of the molecule is C=CC(=O)NC(C)(C)CS(=O)(=O)OS(=O)(=O)CC(C)CNC(=O)C(=C)C. The second-order valence-electron chi connectivity index (χ2n) is 6.67. The fraction of sp³-hybridized carbons (Fsp3) is 0.600. The first-order chi connectivity index (χ1) is 11.6. The van der Waals surface area contributed by atoms with Gasteiger partial charge in [-0.1, -0.05) is 20.1 Å². The van der Waals surface area contributed by atoms with Crippen LogP contribution in [0.25, 0.3) is 0 Å². The predicted octanol–water partition coefficient (Wildman–Crippen LogP) is 0.0718. The summed E-state index contributed by atoms with van der Waals surface area (Å²) in [7, 11) is -8.89. The Morgan fingerprint density at radius 3 is 2.19 bits per heavy atom. The highest BCUT2D eigenvalue weighted by atomic mass is 32.3. The summed E-state index contributed by atoms with van der Waals surface area (Å²) in [5.41, 5.74) is -0.997. The van der Waals surface area contributed by atoms with Gasteiger partial charge in [-0.15, -0.1) is 3.63 Å². The van der Waals surface area contributed by atoms with E-state index in [-0.39, 0.29) is 12.1 Å². The Morgan fingerprint density at radius 2 is 1.73 bits per heavy atom. The zero-order valence-electron chi connectivity index (χ0n) is 15.4. The second-order valence-corrected chi connectivity index (χ2v) is 10.1. The molecule has 0 bridgehead atoms. The monoisotopic (exact) mass is 410 g/mol. The van der Waals surface area contributed by atoms with Crippen LogP contribution in [-0.2, 0) is 33.5 Å². The number of hydrogen-bond donors (Lipinski definition) is 2. The molecule has 1 atom stereocenters. The van der Waals surface area contributed by atoms with E-state index in [4.69, 9.17) is 0 Å². The summed E-state index contributed by atoms with van der Waals surface area (Å²) in [6, 6.07) is 0. The second kappa shape index (κ2) is 9.28. The number of carbonyl (C=O) groups excluding carboxylic acids is 2. The maximum Gasteiger partial charge on any atom is 0.284 e. The van der Waals surface area contributed by atoms with Crippen molar-refractivity contribution in [3.63, 3.8) is 0 Å². The first-order valence-electron chi connectivity index (χ1n) is 7.64. The maximum atomic E-state index is 12.0. The Kier molecular flexibility index (Phi) is 8.67. The molecule has 0 aromatic carbocycles. The molecule has 0 fully saturated rings. The molecule has 0 radical (unpaired) electrons. The van der Waals surface area contributed by atoms with Crippen molar-refractivity contribution >= 4 is 32.1 Å². The number of hydrogen-bond acceptors (Lipinski definition) is 7. The third-order valence-corrected chi connectivity index (χ3v) is 6.59. The van der Waals surface area contributed by atoms with E-state index in [9.17, 15) is 26.4 Å². The minimum atomic E-state index is -4.48. The van der Waals surface area contributed by atoms with Crippen molar-refractivity contribution in [3.05, 3.63) is 24.8 Å². The van der Waals surface area contributed by atoms with Gasteiger partial charge >= 0.3 is 0 Å². The van der Waals surface area contributed by atoms with E-state index in [0.717, 1.165) is 6.08 Å². The van der Waals surface area contributed by atoms with Gasteiger partial charge in [-0.2, -0.15) is 16.8 Å². The van der Waals surface area contributed by atoms with Crippen molar-refractivity contribution in [1.29, 1.82) is 0 Å². The van der Waals surface area contributed by atoms with E-state index >= 15 is 0 Å². The van der Waals surface area contributed by atoms with Crippen LogP contribution in [-0.4, -0.2) is 52.2 Å². The van der Waals surface area contributed by atoms with E-state index < -0.39 is 55.0 Å². The van der Waals surface area contributed by atoms with Crippen LogP contribution < -0.4 is 10.6 Å². The van der Waals surface area contributed by atoms with Crippen LogP contribution in [0.5, 0.6) is 0 Å². The first-order valence-corrected chi connectivity index (χ1v) is 10.8. The molecule has 0 aromatic rings. The lowest BCUT2D eigenvalue weighted by molar-refractivity contribution is -0.118. The van der Waals surface area contributed by atoms with Gasteiger partial charge in [-0.25, -0.2) is 0 Å². The van der Waals surface area contributed by atoms with E-state index in [1.54, 1.807) is 0 Å². The fourth-order valence-corrected chi connectivity index (χ4v) is 5.35. The molecule has 0 saturated heterocycles. The summed E-state index contributed by atoms with van der Waals surface area (Å²) in [6.07, 6.45) is 0.965. The first kappa shape index (κ1) is 24.3. The number of rotatable bonds is 11. The molecule has 0 aliphatic heterocycles. The molecule has 0 aliphatic rings. The van der Waals surface area contributed by atoms with Gasteiger partial charge in [0.1, 0.15) is 0 Å². The molecule has 1 unspecified atom stereocenters. The zero-order chi connectivity index (χ0) is 20.8. The molecule has 0 heterocycles. The maximum absolute atomic E-state index is 12.0. The van der Waals surface area contributed by atoms with Crippen molar-refractivity contribution < 1.29 is 30.1 Å². The predicted molar refractivity (Wildman–Crippen MR) is 98.1 cm³/mol. The Hall–Kier alpha value is -1.72. The Balaban J connectivity index is 4.85. The van der Waals surface area contributed by atoms with Crippen molar-refractivity contribution in [2.75, 3.05) is 18.1 Å². The molecular formula is C15H26N2O7S2. The van der Waals surface area contributed by atoms with Gasteiger partial charge in [-0.3, -0.25) is 9.59 Å². The summed E-state index contributed by atoms with van der Waals surface area (Å²) >= 11 is 0. The van der Waals surface area contributed by atoms with Gasteiger partial charge in [0, 0.05) is 12.1 Å². The van der Waals surface area contributed by atoms with Crippen molar-refractivity contribution in [2.24, 2.45) is 5.92 Å². The van der Waals surface area contributed by atoms with Gasteiger partial charge in [0.25, 0.3) is 20.2 Å². The van der Waals surface area contributed by atoms with Crippen molar-refractivity contribution in [1.82, 2.24) is 10.6 Å². The topological polar surface area (TPSA) is 136 Å². The molecule has 2 amide bonds. The van der Waals surface area contributed by atoms with Crippen LogP contribution in [0.15, 0.2) is 24.8 Å². The van der Waals surface area contributed by atoms with Crippen LogP contribution >= 0.6 is 0 Å². The minimum absolute atomic E-state index is 0.00914. The Morgan fingerprint density at radius 1 is 1.19 bits per heavy atom. The van der Waals surface area contributed by atoms with Crippen LogP contribution in [0.4, 0.5) is 0 Å². The molecule has 26 heavy (non-hydrogen) atoms. The normalized spacial score (nSPS) is 13.5. The number of carbonyl (C=O) groups is 2. The van der Waals surface area contributed by atoms with Gasteiger partial charge in [0.15, 0.2) is 0 Å². The van der Waals surface area contributed by atoms with E-state index in [0.29, 0.717) is 0 Å². The van der Waals surface area contributed by atoms with E-state index in [1.165, 1.54) is 27.7 Å². The summed E-state index contributed by atoms with van der Waals surface area (Å²) in [4.78, 5) is 22.7. The third kappa shape index (κ3) is 10.3. The lowest BCUT2D eigenvalue weighted by Crippen LogP contribution is -2.48. The molecule has 2 N–H and O–H groups in total. The largest absolute Gasteiger partial charge is 0.352 e. The smallest absolute Gasteiger partial charge is 0.284 e. The molecular weight excluding hydrogens is 384 g/mol. The molecule has 11 heteroatoms. The molecule has 0 aromatic heterocycles. The van der Waals surface area contributed by atoms with Gasteiger partial charge < -0.3 is 10.6 Å². The van der Waals surface area contributed by atoms with Gasteiger partial charge in [0.2, 0.25) is 11.8 Å². The molecule has 0 spiro atoms. The summed E-state index contributed by atoms with van der Waals surface area (Å²) < 4.78 is 52.3. The van der Waals surface area contributed by atoms with Crippen molar-refractivity contribution in [3.8, 4) is 0 Å². The van der Waals surface area contributed by atoms with E-state index in [1.807, 2.05) is 0 Å². The summed E-state index contributed by atoms with van der Waals surface area (Å²) in [5.74, 6) is -2.98. The zero-order valence-corrected chi connectivity index (χ0v) is 17.0. The van der Waals surface area contributed by atoms with Crippen molar-refractivity contribution in [2.45, 2.75) is 33.2 Å². The average Bonchev–Trinajstić information content (AvgIpc) is 2.40. The average molecular weight is 411 g/mol. The minimum Gasteiger partial charge on any atom is -0.352 e. The van der Waals surface area contributed by atoms with Crippen LogP contribution in [0.2, 0.25) is 0 Å². The molecule has 0 rings (SSSR count). The number of amides is 2. The number of nitrogens with one attached hydrogen (secondary N) is 2. The fourth-order valence-electron chi connectivity index (χ4n) is 1.90. The van der Waals surface area contributed by atoms with Crippen LogP contribution in [0.3, 0.4) is 0 Å². The quantitative estimate of drug-likeness (QED) is 0.460. The van der Waals surface area contributed by atoms with Gasteiger partial charge in [0.05, 0.1) is 17.0 Å². The van der Waals surface area contributed by atoms with Crippen LogP contribution in [0.1, 0.15) is 27.7 Å². The van der Waals surface area contributed by atoms with Gasteiger partial charge in [-0.05, 0) is 32.8 Å². The highest BCUT2D eigenvalue weighted by Crippen LogP contribution is 2.13. The van der Waals surface area contributed by atoms with E-state index in [2.05, 4.69) is 27.4 Å². The molecule has 0 aliphatic carbocycles. The lowest BCUT2D eigenvalue weighted by Gasteiger charge is -2.24. The summed E-state index contributed by atoms with van der Waals surface area (Å²) in [6.45, 7) is 12.5. The third-order valence-electron chi connectivity index (χ3n) is 2.88. The molecule has 0 saturated carbocycles. The summed E-state index contributed by atoms with van der Waals surface area (Å²) in [5, 5.41) is 4.83. The lowest BCUT2D eigenvalue weighted by atomic mass is 10.1. The highest BCUT2D eigenvalue weighted by Gasteiger charge is 2.32. The molecule has 9 nitrogen and oxygen atoms in total. The van der Waals surface area contributed by atoms with Crippen LogP contribution in [0, 0.1) is 5.92 Å². The Labute approximate surface area is 155 Å². The highest BCUT2D eigenvalue weighted by molar-refractivity contribution is 7.99. The standard InChI is InChI=1S/C15H26N2O7S2/c1-7-13(18)17-15(5,6)10-26(22,23)24-25(20,21)9-12(4)8-16-14(19)11(2)3/h7,12H,1-2,8-10H2,3-6H3,(H,16,19)(H,17,18). The Bertz CT molecular complexity index is 768.